The number of para-hydroxylation sites is 1. The number of rotatable bonds is 7. The zero-order valence-electron chi connectivity index (χ0n) is 12.8. The molecule has 0 fully saturated rings. The summed E-state index contributed by atoms with van der Waals surface area (Å²) in [4.78, 5) is 22.5. The van der Waals surface area contributed by atoms with E-state index in [9.17, 15) is 9.59 Å². The summed E-state index contributed by atoms with van der Waals surface area (Å²) in [5.74, 6) is 0.0613. The Bertz CT molecular complexity index is 486. The van der Waals surface area contributed by atoms with Gasteiger partial charge in [-0.15, -0.1) is 0 Å². The molecule has 1 aromatic carbocycles. The van der Waals surface area contributed by atoms with E-state index < -0.39 is 5.97 Å². The number of hydrogen-bond acceptors (Lipinski definition) is 2. The number of carbonyl (C=O) groups excluding carboxylic acids is 1. The average Bonchev–Trinajstić information content (AvgIpc) is 2.43. The number of carboxylic acids is 1. The van der Waals surface area contributed by atoms with Crippen LogP contribution < -0.4 is 10.6 Å². The zero-order chi connectivity index (χ0) is 15.8. The number of aliphatic carboxylic acids is 1. The number of urea groups is 1. The van der Waals surface area contributed by atoms with Crippen LogP contribution in [0.4, 0.5) is 10.5 Å². The van der Waals surface area contributed by atoms with Crippen LogP contribution >= 0.6 is 0 Å². The normalized spacial score (nSPS) is 12.0. The number of aryl methyl sites for hydroxylation is 1. The van der Waals surface area contributed by atoms with Gasteiger partial charge in [-0.1, -0.05) is 39.0 Å². The van der Waals surface area contributed by atoms with E-state index in [2.05, 4.69) is 31.4 Å². The van der Waals surface area contributed by atoms with E-state index in [0.29, 0.717) is 30.5 Å². The molecule has 5 heteroatoms. The Kier molecular flexibility index (Phi) is 6.72. The molecule has 0 saturated carbocycles. The lowest BCUT2D eigenvalue weighted by atomic mass is 9.98. The first-order valence-corrected chi connectivity index (χ1v) is 7.24. The summed E-state index contributed by atoms with van der Waals surface area (Å²) in [6.07, 6.45) is 0.443. The number of nitrogens with one attached hydrogen (secondary N) is 2. The fourth-order valence-electron chi connectivity index (χ4n) is 1.76. The molecule has 1 atom stereocenters. The van der Waals surface area contributed by atoms with Gasteiger partial charge in [-0.3, -0.25) is 4.79 Å². The number of benzene rings is 1. The van der Waals surface area contributed by atoms with E-state index in [1.165, 1.54) is 0 Å². The van der Waals surface area contributed by atoms with E-state index in [1.54, 1.807) is 6.07 Å². The molecule has 0 aromatic heterocycles. The molecule has 0 aliphatic carbocycles. The summed E-state index contributed by atoms with van der Waals surface area (Å²) in [5.41, 5.74) is 1.49. The van der Waals surface area contributed by atoms with Crippen molar-refractivity contribution in [1.82, 2.24) is 5.32 Å². The van der Waals surface area contributed by atoms with Gasteiger partial charge in [0.15, 0.2) is 0 Å². The van der Waals surface area contributed by atoms with E-state index in [0.717, 1.165) is 5.56 Å². The highest BCUT2D eigenvalue weighted by Gasteiger charge is 2.11. The first-order valence-electron chi connectivity index (χ1n) is 7.24. The number of carboxylic acid groups (broad SMARTS) is 1. The topological polar surface area (TPSA) is 78.4 Å². The molecule has 0 bridgehead atoms. The predicted molar refractivity (Wildman–Crippen MR) is 83.4 cm³/mol. The number of amides is 2. The number of hydrogen-bond donors (Lipinski definition) is 3. The minimum atomic E-state index is -0.847. The third-order valence-corrected chi connectivity index (χ3v) is 3.60. The van der Waals surface area contributed by atoms with Crippen LogP contribution in [-0.4, -0.2) is 23.7 Å². The van der Waals surface area contributed by atoms with Crippen LogP contribution in [0.3, 0.4) is 0 Å². The van der Waals surface area contributed by atoms with Crippen LogP contribution in [0.1, 0.15) is 32.8 Å². The van der Waals surface area contributed by atoms with Crippen LogP contribution in [-0.2, 0) is 11.2 Å². The van der Waals surface area contributed by atoms with E-state index in [-0.39, 0.29) is 12.5 Å². The Morgan fingerprint density at radius 2 is 1.86 bits per heavy atom. The smallest absolute Gasteiger partial charge is 0.319 e. The Morgan fingerprint density at radius 1 is 1.19 bits per heavy atom. The minimum absolute atomic E-state index is 0.0463. The van der Waals surface area contributed by atoms with Crippen molar-refractivity contribution < 1.29 is 14.7 Å². The first kappa shape index (κ1) is 17.0. The van der Waals surface area contributed by atoms with E-state index >= 15 is 0 Å². The van der Waals surface area contributed by atoms with Crippen LogP contribution in [0.5, 0.6) is 0 Å². The number of carbonyl (C=O) groups is 2. The molecule has 5 nitrogen and oxygen atoms in total. The molecule has 1 rings (SSSR count). The molecule has 0 saturated heterocycles. The molecule has 0 heterocycles. The minimum Gasteiger partial charge on any atom is -0.481 e. The molecular weight excluding hydrogens is 268 g/mol. The van der Waals surface area contributed by atoms with Gasteiger partial charge in [-0.25, -0.2) is 4.79 Å². The highest BCUT2D eigenvalue weighted by atomic mass is 16.4. The molecule has 0 radical (unpaired) electrons. The van der Waals surface area contributed by atoms with Gasteiger partial charge < -0.3 is 15.7 Å². The summed E-state index contributed by atoms with van der Waals surface area (Å²) >= 11 is 0. The molecule has 1 aromatic rings. The van der Waals surface area contributed by atoms with Crippen LogP contribution in [0.15, 0.2) is 24.3 Å². The molecular formula is C16H24N2O3. The van der Waals surface area contributed by atoms with Gasteiger partial charge in [0.2, 0.25) is 0 Å². The van der Waals surface area contributed by atoms with Crippen molar-refractivity contribution >= 4 is 17.7 Å². The molecule has 3 N–H and O–H groups in total. The largest absolute Gasteiger partial charge is 0.481 e. The van der Waals surface area contributed by atoms with E-state index in [1.807, 2.05) is 18.2 Å². The maximum Gasteiger partial charge on any atom is 0.319 e. The van der Waals surface area contributed by atoms with Crippen molar-refractivity contribution in [3.8, 4) is 0 Å². The highest BCUT2D eigenvalue weighted by Crippen LogP contribution is 2.17. The molecule has 0 aliphatic rings. The van der Waals surface area contributed by atoms with Gasteiger partial charge in [0.05, 0.1) is 0 Å². The Labute approximate surface area is 125 Å². The standard InChI is InChI=1S/C16H24N2O3/c1-11(2)12(3)10-17-16(21)18-14-7-5-4-6-13(14)8-9-15(19)20/h4-7,11-12H,8-10H2,1-3H3,(H,19,20)(H2,17,18,21). The van der Waals surface area contributed by atoms with Crippen LogP contribution in [0.2, 0.25) is 0 Å². The number of anilines is 1. The summed E-state index contributed by atoms with van der Waals surface area (Å²) in [7, 11) is 0. The maximum absolute atomic E-state index is 11.9. The van der Waals surface area contributed by atoms with Crippen molar-refractivity contribution in [3.05, 3.63) is 29.8 Å². The summed E-state index contributed by atoms with van der Waals surface area (Å²) < 4.78 is 0. The predicted octanol–water partition coefficient (Wildman–Crippen LogP) is 3.12. The van der Waals surface area contributed by atoms with Crippen molar-refractivity contribution in [1.29, 1.82) is 0 Å². The molecule has 21 heavy (non-hydrogen) atoms. The van der Waals surface area contributed by atoms with Crippen LogP contribution in [0.25, 0.3) is 0 Å². The molecule has 1 unspecified atom stereocenters. The van der Waals surface area contributed by atoms with Gasteiger partial charge in [0.1, 0.15) is 0 Å². The third-order valence-electron chi connectivity index (χ3n) is 3.60. The maximum atomic E-state index is 11.9. The quantitative estimate of drug-likeness (QED) is 0.722. The molecule has 116 valence electrons. The SMILES string of the molecule is CC(C)C(C)CNC(=O)Nc1ccccc1CCC(=O)O. The van der Waals surface area contributed by atoms with Gasteiger partial charge in [0, 0.05) is 18.7 Å². The first-order chi connectivity index (χ1) is 9.90. The Balaban J connectivity index is 2.57. The van der Waals surface area contributed by atoms with Crippen molar-refractivity contribution in [2.24, 2.45) is 11.8 Å². The Hall–Kier alpha value is -2.04. The highest BCUT2D eigenvalue weighted by molar-refractivity contribution is 5.90. The van der Waals surface area contributed by atoms with Crippen molar-refractivity contribution in [2.75, 3.05) is 11.9 Å². The average molecular weight is 292 g/mol. The monoisotopic (exact) mass is 292 g/mol. The van der Waals surface area contributed by atoms with Gasteiger partial charge in [0.25, 0.3) is 0 Å². The lowest BCUT2D eigenvalue weighted by Crippen LogP contribution is -2.33. The molecule has 2 amide bonds. The fourth-order valence-corrected chi connectivity index (χ4v) is 1.76. The zero-order valence-corrected chi connectivity index (χ0v) is 12.8. The fraction of sp³-hybridized carbons (Fsp3) is 0.500. The van der Waals surface area contributed by atoms with Gasteiger partial charge in [-0.05, 0) is 29.9 Å². The lowest BCUT2D eigenvalue weighted by molar-refractivity contribution is -0.136. The summed E-state index contributed by atoms with van der Waals surface area (Å²) in [6.45, 7) is 6.93. The molecule has 0 aliphatic heterocycles. The Morgan fingerprint density at radius 3 is 2.48 bits per heavy atom. The van der Waals surface area contributed by atoms with Gasteiger partial charge in [-0.2, -0.15) is 0 Å². The second kappa shape index (κ2) is 8.29. The van der Waals surface area contributed by atoms with Crippen molar-refractivity contribution in [2.45, 2.75) is 33.6 Å². The summed E-state index contributed by atoms with van der Waals surface area (Å²) in [6, 6.07) is 7.00. The van der Waals surface area contributed by atoms with E-state index in [4.69, 9.17) is 5.11 Å². The summed E-state index contributed by atoms with van der Waals surface area (Å²) in [5, 5.41) is 14.4. The van der Waals surface area contributed by atoms with Gasteiger partial charge >= 0.3 is 12.0 Å². The second-order valence-electron chi connectivity index (χ2n) is 5.61. The third kappa shape index (κ3) is 6.29. The molecule has 0 spiro atoms. The van der Waals surface area contributed by atoms with Crippen molar-refractivity contribution in [3.63, 3.8) is 0 Å². The second-order valence-corrected chi connectivity index (χ2v) is 5.61. The lowest BCUT2D eigenvalue weighted by Gasteiger charge is -2.17. The van der Waals surface area contributed by atoms with Crippen LogP contribution in [0, 0.1) is 11.8 Å².